The van der Waals surface area contributed by atoms with Gasteiger partial charge in [-0.25, -0.2) is 0 Å². The first-order chi connectivity index (χ1) is 7.24. The summed E-state index contributed by atoms with van der Waals surface area (Å²) in [7, 11) is 0. The van der Waals surface area contributed by atoms with E-state index in [0.717, 1.165) is 17.4 Å². The summed E-state index contributed by atoms with van der Waals surface area (Å²) in [5.74, 6) is 0.980. The number of nitrogens with one attached hydrogen (secondary N) is 1. The van der Waals surface area contributed by atoms with Gasteiger partial charge >= 0.3 is 0 Å². The van der Waals surface area contributed by atoms with Gasteiger partial charge in [-0.3, -0.25) is 0 Å². The number of rotatable bonds is 5. The second-order valence-electron chi connectivity index (χ2n) is 6.09. The molecule has 0 aromatic heterocycles. The Balaban J connectivity index is 1.65. The first kappa shape index (κ1) is 11.4. The van der Waals surface area contributed by atoms with Crippen molar-refractivity contribution in [2.24, 2.45) is 11.3 Å². The quantitative estimate of drug-likeness (QED) is 0.727. The van der Waals surface area contributed by atoms with Gasteiger partial charge in [-0.05, 0) is 56.3 Å². The van der Waals surface area contributed by atoms with Gasteiger partial charge in [-0.15, -0.1) is 0 Å². The topological polar surface area (TPSA) is 12.0 Å². The minimum Gasteiger partial charge on any atom is -0.313 e. The van der Waals surface area contributed by atoms with Gasteiger partial charge in [0, 0.05) is 12.6 Å². The average molecular weight is 209 g/mol. The standard InChI is InChI=1S/C14H27N/c1-3-8-14(9-10-14)11-15-13-6-4-12(2)5-7-13/h12-13,15H,3-11H2,1-2H3. The summed E-state index contributed by atoms with van der Waals surface area (Å²) < 4.78 is 0. The molecule has 2 aliphatic rings. The zero-order valence-electron chi connectivity index (χ0n) is 10.5. The Kier molecular flexibility index (Phi) is 3.71. The molecule has 0 unspecified atom stereocenters. The van der Waals surface area contributed by atoms with Crippen LogP contribution in [0.3, 0.4) is 0 Å². The van der Waals surface area contributed by atoms with Crippen LogP contribution in [0, 0.1) is 11.3 Å². The van der Waals surface area contributed by atoms with Gasteiger partial charge in [0.2, 0.25) is 0 Å². The van der Waals surface area contributed by atoms with Gasteiger partial charge < -0.3 is 5.32 Å². The zero-order valence-corrected chi connectivity index (χ0v) is 10.5. The van der Waals surface area contributed by atoms with E-state index in [-0.39, 0.29) is 0 Å². The first-order valence-corrected chi connectivity index (χ1v) is 6.97. The smallest absolute Gasteiger partial charge is 0.00674 e. The fraction of sp³-hybridized carbons (Fsp3) is 1.00. The summed E-state index contributed by atoms with van der Waals surface area (Å²) >= 11 is 0. The summed E-state index contributed by atoms with van der Waals surface area (Å²) in [6.07, 6.45) is 11.5. The molecule has 1 N–H and O–H groups in total. The molecule has 0 aliphatic heterocycles. The molecule has 0 amide bonds. The Morgan fingerprint density at radius 2 is 1.80 bits per heavy atom. The van der Waals surface area contributed by atoms with Gasteiger partial charge in [0.25, 0.3) is 0 Å². The maximum Gasteiger partial charge on any atom is 0.00674 e. The van der Waals surface area contributed by atoms with Crippen LogP contribution in [0.2, 0.25) is 0 Å². The van der Waals surface area contributed by atoms with E-state index in [1.807, 2.05) is 0 Å². The van der Waals surface area contributed by atoms with Gasteiger partial charge in [0.05, 0.1) is 0 Å². The van der Waals surface area contributed by atoms with Crippen LogP contribution in [0.1, 0.15) is 65.2 Å². The Morgan fingerprint density at radius 3 is 2.33 bits per heavy atom. The number of hydrogen-bond donors (Lipinski definition) is 1. The molecule has 0 radical (unpaired) electrons. The van der Waals surface area contributed by atoms with Crippen molar-refractivity contribution >= 4 is 0 Å². The average Bonchev–Trinajstić information content (AvgIpc) is 2.99. The molecule has 2 fully saturated rings. The largest absolute Gasteiger partial charge is 0.313 e. The highest BCUT2D eigenvalue weighted by atomic mass is 14.9. The van der Waals surface area contributed by atoms with Crippen LogP contribution in [0.25, 0.3) is 0 Å². The van der Waals surface area contributed by atoms with Crippen molar-refractivity contribution in [3.8, 4) is 0 Å². The van der Waals surface area contributed by atoms with E-state index >= 15 is 0 Å². The van der Waals surface area contributed by atoms with Gasteiger partial charge in [-0.2, -0.15) is 0 Å². The summed E-state index contributed by atoms with van der Waals surface area (Å²) in [4.78, 5) is 0. The third kappa shape index (κ3) is 3.21. The molecule has 0 bridgehead atoms. The van der Waals surface area contributed by atoms with Crippen LogP contribution in [0.4, 0.5) is 0 Å². The molecule has 2 aliphatic carbocycles. The van der Waals surface area contributed by atoms with Gasteiger partial charge in [-0.1, -0.05) is 20.3 Å². The summed E-state index contributed by atoms with van der Waals surface area (Å²) in [6, 6.07) is 0.843. The molecule has 0 aromatic carbocycles. The monoisotopic (exact) mass is 209 g/mol. The molecular formula is C14H27N. The van der Waals surface area contributed by atoms with Crippen LogP contribution in [0.15, 0.2) is 0 Å². The minimum atomic E-state index is 0.734. The van der Waals surface area contributed by atoms with Crippen LogP contribution < -0.4 is 5.32 Å². The predicted molar refractivity (Wildman–Crippen MR) is 66.0 cm³/mol. The van der Waals surface area contributed by atoms with E-state index in [0.29, 0.717) is 0 Å². The lowest BCUT2D eigenvalue weighted by Gasteiger charge is -2.28. The van der Waals surface area contributed by atoms with E-state index in [9.17, 15) is 0 Å². The third-order valence-corrected chi connectivity index (χ3v) is 4.52. The first-order valence-electron chi connectivity index (χ1n) is 6.97. The fourth-order valence-electron chi connectivity index (χ4n) is 3.05. The van der Waals surface area contributed by atoms with Crippen LogP contribution in [-0.2, 0) is 0 Å². The van der Waals surface area contributed by atoms with Gasteiger partial charge in [0.15, 0.2) is 0 Å². The highest BCUT2D eigenvalue weighted by molar-refractivity contribution is 4.95. The lowest BCUT2D eigenvalue weighted by atomic mass is 9.87. The van der Waals surface area contributed by atoms with E-state index < -0.39 is 0 Å². The van der Waals surface area contributed by atoms with E-state index in [1.165, 1.54) is 57.9 Å². The van der Waals surface area contributed by atoms with Crippen molar-refractivity contribution in [1.82, 2.24) is 5.32 Å². The molecule has 1 heteroatoms. The Morgan fingerprint density at radius 1 is 1.13 bits per heavy atom. The number of hydrogen-bond acceptors (Lipinski definition) is 1. The Bertz CT molecular complexity index is 188. The van der Waals surface area contributed by atoms with Crippen LogP contribution >= 0.6 is 0 Å². The van der Waals surface area contributed by atoms with Crippen LogP contribution in [-0.4, -0.2) is 12.6 Å². The second kappa shape index (κ2) is 4.86. The Hall–Kier alpha value is -0.0400. The minimum absolute atomic E-state index is 0.734. The van der Waals surface area contributed by atoms with E-state index in [1.54, 1.807) is 0 Å². The molecule has 1 nitrogen and oxygen atoms in total. The maximum absolute atomic E-state index is 3.83. The molecule has 2 saturated carbocycles. The van der Waals surface area contributed by atoms with E-state index in [4.69, 9.17) is 0 Å². The molecule has 2 rings (SSSR count). The normalized spacial score (nSPS) is 34.0. The maximum atomic E-state index is 3.83. The lowest BCUT2D eigenvalue weighted by Crippen LogP contribution is -2.36. The van der Waals surface area contributed by atoms with E-state index in [2.05, 4.69) is 19.2 Å². The summed E-state index contributed by atoms with van der Waals surface area (Å²) in [5, 5.41) is 3.83. The summed E-state index contributed by atoms with van der Waals surface area (Å²) in [5.41, 5.74) is 0.734. The second-order valence-corrected chi connectivity index (χ2v) is 6.09. The molecular weight excluding hydrogens is 182 g/mol. The van der Waals surface area contributed by atoms with Crippen LogP contribution in [0.5, 0.6) is 0 Å². The molecule has 0 saturated heterocycles. The SMILES string of the molecule is CCCC1(CNC2CCC(C)CC2)CC1. The lowest BCUT2D eigenvalue weighted by molar-refractivity contribution is 0.285. The van der Waals surface area contributed by atoms with Crippen molar-refractivity contribution in [3.63, 3.8) is 0 Å². The predicted octanol–water partition coefficient (Wildman–Crippen LogP) is 3.74. The van der Waals surface area contributed by atoms with Crippen molar-refractivity contribution in [2.75, 3.05) is 6.54 Å². The third-order valence-electron chi connectivity index (χ3n) is 4.52. The molecule has 0 spiro atoms. The highest BCUT2D eigenvalue weighted by Gasteiger charge is 2.41. The van der Waals surface area contributed by atoms with Gasteiger partial charge in [0.1, 0.15) is 0 Å². The molecule has 15 heavy (non-hydrogen) atoms. The molecule has 88 valence electrons. The molecule has 0 heterocycles. The zero-order chi connectivity index (χ0) is 10.7. The van der Waals surface area contributed by atoms with Crippen molar-refractivity contribution in [1.29, 1.82) is 0 Å². The molecule has 0 atom stereocenters. The fourth-order valence-corrected chi connectivity index (χ4v) is 3.05. The Labute approximate surface area is 95.0 Å². The highest BCUT2D eigenvalue weighted by Crippen LogP contribution is 2.49. The summed E-state index contributed by atoms with van der Waals surface area (Å²) in [6.45, 7) is 6.03. The van der Waals surface area contributed by atoms with Crippen molar-refractivity contribution in [3.05, 3.63) is 0 Å². The van der Waals surface area contributed by atoms with Crippen molar-refractivity contribution < 1.29 is 0 Å². The molecule has 0 aromatic rings. The van der Waals surface area contributed by atoms with Crippen molar-refractivity contribution in [2.45, 2.75) is 71.3 Å².